The van der Waals surface area contributed by atoms with Crippen molar-refractivity contribution >= 4 is 9.39 Å². The third-order valence-electron chi connectivity index (χ3n) is 4.32. The first kappa shape index (κ1) is 22.6. The van der Waals surface area contributed by atoms with E-state index in [-0.39, 0.29) is 0 Å². The van der Waals surface area contributed by atoms with Crippen molar-refractivity contribution in [2.24, 2.45) is 5.92 Å². The van der Waals surface area contributed by atoms with Crippen LogP contribution in [-0.4, -0.2) is 42.3 Å². The molecule has 1 heterocycles. The van der Waals surface area contributed by atoms with Crippen LogP contribution >= 0.6 is 9.39 Å². The van der Waals surface area contributed by atoms with Crippen LogP contribution in [0.2, 0.25) is 0 Å². The molecule has 0 N–H and O–H groups in total. The normalized spacial score (nSPS) is 16.9. The molecule has 0 aromatic heterocycles. The maximum atomic E-state index is 2.83. The van der Waals surface area contributed by atoms with Crippen LogP contribution in [0.25, 0.3) is 0 Å². The minimum absolute atomic E-state index is 0.622. The second kappa shape index (κ2) is 14.0. The van der Waals surface area contributed by atoms with Gasteiger partial charge in [-0.2, -0.15) is 0 Å². The van der Waals surface area contributed by atoms with Gasteiger partial charge < -0.3 is 4.90 Å². The summed E-state index contributed by atoms with van der Waals surface area (Å²) in [6.07, 6.45) is 3.83. The van der Waals surface area contributed by atoms with Crippen LogP contribution in [0.3, 0.4) is 0 Å². The molecule has 2 atom stereocenters. The van der Waals surface area contributed by atoms with E-state index >= 15 is 0 Å². The van der Waals surface area contributed by atoms with Gasteiger partial charge in [-0.05, 0) is 44.7 Å². The highest BCUT2D eigenvalue weighted by Crippen LogP contribution is 2.21. The van der Waals surface area contributed by atoms with Gasteiger partial charge in [-0.25, -0.2) is 0 Å². The molecule has 0 bridgehead atoms. The molecular weight excluding hydrogens is 299 g/mol. The first-order valence-electron chi connectivity index (χ1n) is 9.39. The van der Waals surface area contributed by atoms with Gasteiger partial charge in [0.1, 0.15) is 0 Å². The molecular formula is C20H39N2P. The average Bonchev–Trinajstić information content (AvgIpc) is 2.61. The molecule has 1 saturated heterocycles. The molecule has 1 aliphatic heterocycles. The summed E-state index contributed by atoms with van der Waals surface area (Å²) in [7, 11) is 5.11. The van der Waals surface area contributed by atoms with Crippen molar-refractivity contribution in [3.05, 3.63) is 35.9 Å². The van der Waals surface area contributed by atoms with Gasteiger partial charge in [-0.15, -0.1) is 0 Å². The zero-order valence-corrected chi connectivity index (χ0v) is 17.4. The molecule has 1 fully saturated rings. The van der Waals surface area contributed by atoms with E-state index < -0.39 is 0 Å². The van der Waals surface area contributed by atoms with E-state index in [2.05, 4.69) is 63.3 Å². The van der Waals surface area contributed by atoms with Crippen LogP contribution in [0, 0.1) is 5.92 Å². The van der Waals surface area contributed by atoms with E-state index in [1.165, 1.54) is 38.0 Å². The van der Waals surface area contributed by atoms with Crippen LogP contribution in [0.1, 0.15) is 53.0 Å². The lowest BCUT2D eigenvalue weighted by molar-refractivity contribution is 0.177. The molecule has 23 heavy (non-hydrogen) atoms. The third kappa shape index (κ3) is 9.45. The van der Waals surface area contributed by atoms with Gasteiger partial charge in [0.2, 0.25) is 0 Å². The second-order valence-electron chi connectivity index (χ2n) is 5.96. The van der Waals surface area contributed by atoms with Gasteiger partial charge in [0.15, 0.2) is 0 Å². The topological polar surface area (TPSA) is 6.48 Å². The largest absolute Gasteiger partial charge is 0.303 e. The lowest BCUT2D eigenvalue weighted by atomic mass is 9.96. The van der Waals surface area contributed by atoms with Gasteiger partial charge in [-0.1, -0.05) is 67.4 Å². The summed E-state index contributed by atoms with van der Waals surface area (Å²) < 4.78 is 2.36. The molecule has 1 aromatic carbocycles. The van der Waals surface area contributed by atoms with E-state index in [1.807, 2.05) is 27.7 Å². The van der Waals surface area contributed by atoms with Crippen LogP contribution in [0.4, 0.5) is 0 Å². The predicted octanol–water partition coefficient (Wildman–Crippen LogP) is 5.10. The lowest BCUT2D eigenvalue weighted by Crippen LogP contribution is -2.38. The molecule has 0 saturated carbocycles. The summed E-state index contributed by atoms with van der Waals surface area (Å²) in [5.74, 6) is 0.875. The molecule has 1 aliphatic rings. The summed E-state index contributed by atoms with van der Waals surface area (Å²) in [6.45, 7) is 14.1. The highest BCUT2D eigenvalue weighted by molar-refractivity contribution is 7.13. The maximum absolute atomic E-state index is 2.83. The Morgan fingerprint density at radius 3 is 2.13 bits per heavy atom. The third-order valence-corrected chi connectivity index (χ3v) is 4.84. The van der Waals surface area contributed by atoms with Crippen LogP contribution in [0.5, 0.6) is 0 Å². The molecule has 2 rings (SSSR count). The van der Waals surface area contributed by atoms with Crippen molar-refractivity contribution in [2.75, 3.05) is 26.7 Å². The Labute approximate surface area is 147 Å². The van der Waals surface area contributed by atoms with E-state index in [0.717, 1.165) is 12.3 Å². The first-order chi connectivity index (χ1) is 11.1. The minimum Gasteiger partial charge on any atom is -0.303 e. The SMILES string of the molecule is CC.CC.CC(Cc1ccccc1)N(C)CC1CCN(P)CC1. The van der Waals surface area contributed by atoms with Crippen molar-refractivity contribution in [1.82, 2.24) is 9.57 Å². The zero-order chi connectivity index (χ0) is 17.7. The van der Waals surface area contributed by atoms with Crippen LogP contribution in [0.15, 0.2) is 30.3 Å². The Balaban J connectivity index is 0.00000112. The Kier molecular flexibility index (Phi) is 13.7. The molecule has 134 valence electrons. The lowest BCUT2D eigenvalue weighted by Gasteiger charge is -2.33. The van der Waals surface area contributed by atoms with Gasteiger partial charge in [-0.3, -0.25) is 4.67 Å². The number of rotatable bonds is 5. The van der Waals surface area contributed by atoms with Gasteiger partial charge in [0, 0.05) is 25.7 Å². The summed E-state index contributed by atoms with van der Waals surface area (Å²) in [4.78, 5) is 2.54. The fourth-order valence-electron chi connectivity index (χ4n) is 2.83. The van der Waals surface area contributed by atoms with Crippen molar-refractivity contribution in [1.29, 1.82) is 0 Å². The molecule has 0 spiro atoms. The van der Waals surface area contributed by atoms with E-state index in [1.54, 1.807) is 0 Å². The quantitative estimate of drug-likeness (QED) is 0.689. The van der Waals surface area contributed by atoms with Crippen molar-refractivity contribution < 1.29 is 0 Å². The van der Waals surface area contributed by atoms with Crippen LogP contribution in [-0.2, 0) is 6.42 Å². The Bertz CT molecular complexity index is 361. The standard InChI is InChI=1S/C16H27N2P.2C2H6/c1-14(12-15-6-4-3-5-7-15)17(2)13-16-8-10-18(19)11-9-16;2*1-2/h3-7,14,16H,8-13,19H2,1-2H3;2*1-2H3. The monoisotopic (exact) mass is 338 g/mol. The minimum atomic E-state index is 0.622. The molecule has 0 aliphatic carbocycles. The Morgan fingerprint density at radius 1 is 1.09 bits per heavy atom. The second-order valence-corrected chi connectivity index (χ2v) is 6.69. The average molecular weight is 339 g/mol. The van der Waals surface area contributed by atoms with E-state index in [0.29, 0.717) is 6.04 Å². The molecule has 0 radical (unpaired) electrons. The number of benzene rings is 1. The van der Waals surface area contributed by atoms with Crippen LogP contribution < -0.4 is 0 Å². The van der Waals surface area contributed by atoms with E-state index in [9.17, 15) is 0 Å². The molecule has 2 unspecified atom stereocenters. The molecule has 2 nitrogen and oxygen atoms in total. The number of likely N-dealkylation sites (N-methyl/N-ethyl adjacent to an activating group) is 1. The number of piperidine rings is 1. The van der Waals surface area contributed by atoms with Gasteiger partial charge in [0.05, 0.1) is 0 Å². The predicted molar refractivity (Wildman–Crippen MR) is 109 cm³/mol. The van der Waals surface area contributed by atoms with Crippen molar-refractivity contribution in [2.45, 2.75) is 59.9 Å². The molecule has 1 aromatic rings. The fraction of sp³-hybridized carbons (Fsp3) is 0.700. The summed E-state index contributed by atoms with van der Waals surface area (Å²) >= 11 is 0. The number of hydrogen-bond donors (Lipinski definition) is 0. The highest BCUT2D eigenvalue weighted by Gasteiger charge is 2.20. The first-order valence-corrected chi connectivity index (χ1v) is 9.90. The van der Waals surface area contributed by atoms with Gasteiger partial charge in [0.25, 0.3) is 0 Å². The number of nitrogens with zero attached hydrogens (tertiary/aromatic N) is 2. The summed E-state index contributed by atoms with van der Waals surface area (Å²) in [5, 5.41) is 0. The number of hydrogen-bond acceptors (Lipinski definition) is 2. The maximum Gasteiger partial charge on any atom is 0.0104 e. The molecule has 3 heteroatoms. The van der Waals surface area contributed by atoms with Crippen molar-refractivity contribution in [3.8, 4) is 0 Å². The Hall–Kier alpha value is -0.430. The fourth-order valence-corrected chi connectivity index (χ4v) is 3.13. The highest BCUT2D eigenvalue weighted by atomic mass is 31.0. The smallest absolute Gasteiger partial charge is 0.0104 e. The zero-order valence-electron chi connectivity index (χ0n) is 16.3. The van der Waals surface area contributed by atoms with Gasteiger partial charge >= 0.3 is 0 Å². The summed E-state index contributed by atoms with van der Waals surface area (Å²) in [5.41, 5.74) is 1.45. The summed E-state index contributed by atoms with van der Waals surface area (Å²) in [6, 6.07) is 11.5. The molecule has 0 amide bonds. The van der Waals surface area contributed by atoms with Crippen molar-refractivity contribution in [3.63, 3.8) is 0 Å². The Morgan fingerprint density at radius 2 is 1.61 bits per heavy atom. The van der Waals surface area contributed by atoms with E-state index in [4.69, 9.17) is 0 Å².